The van der Waals surface area contributed by atoms with Gasteiger partial charge in [-0.05, 0) is 36.4 Å². The molecular weight excluding hydrogens is 293 g/mol. The van der Waals surface area contributed by atoms with Gasteiger partial charge in [-0.15, -0.1) is 0 Å². The Bertz CT molecular complexity index is 616. The number of para-hydroxylation sites is 1. The fraction of sp³-hybridized carbons (Fsp3) is 0.188. The van der Waals surface area contributed by atoms with E-state index >= 15 is 0 Å². The Balaban J connectivity index is 1.87. The zero-order valence-electron chi connectivity index (χ0n) is 11.6. The summed E-state index contributed by atoms with van der Waals surface area (Å²) in [5.41, 5.74) is 0.441. The van der Waals surface area contributed by atoms with Gasteiger partial charge in [0.05, 0.1) is 11.6 Å². The van der Waals surface area contributed by atoms with Gasteiger partial charge in [0.25, 0.3) is 5.91 Å². The molecule has 0 spiro atoms. The first-order chi connectivity index (χ1) is 10.1. The lowest BCUT2D eigenvalue weighted by atomic mass is 10.2. The number of ether oxygens (including phenoxy) is 1. The fourth-order valence-corrected chi connectivity index (χ4v) is 1.96. The van der Waals surface area contributed by atoms with E-state index in [1.807, 2.05) is 12.1 Å². The van der Waals surface area contributed by atoms with Crippen LogP contribution in [0.4, 0.5) is 4.39 Å². The first-order valence-corrected chi connectivity index (χ1v) is 6.84. The smallest absolute Gasteiger partial charge is 0.253 e. The average molecular weight is 308 g/mol. The number of carbonyl (C=O) groups is 1. The largest absolute Gasteiger partial charge is 0.490 e. The van der Waals surface area contributed by atoms with Crippen LogP contribution < -0.4 is 4.74 Å². The maximum Gasteiger partial charge on any atom is 0.253 e. The minimum atomic E-state index is -0.365. The van der Waals surface area contributed by atoms with Crippen molar-refractivity contribution in [3.63, 3.8) is 0 Å². The van der Waals surface area contributed by atoms with Crippen molar-refractivity contribution in [3.8, 4) is 5.75 Å². The van der Waals surface area contributed by atoms with E-state index in [0.717, 1.165) is 0 Å². The van der Waals surface area contributed by atoms with Crippen molar-refractivity contribution in [1.82, 2.24) is 4.90 Å². The maximum atomic E-state index is 12.8. The van der Waals surface area contributed by atoms with Gasteiger partial charge in [-0.3, -0.25) is 4.79 Å². The fourth-order valence-electron chi connectivity index (χ4n) is 1.77. The molecule has 0 aliphatic heterocycles. The zero-order valence-corrected chi connectivity index (χ0v) is 12.3. The topological polar surface area (TPSA) is 29.5 Å². The minimum Gasteiger partial charge on any atom is -0.490 e. The van der Waals surface area contributed by atoms with E-state index in [0.29, 0.717) is 29.5 Å². The molecule has 0 aromatic heterocycles. The molecule has 2 aromatic rings. The van der Waals surface area contributed by atoms with Crippen molar-refractivity contribution in [2.24, 2.45) is 0 Å². The molecule has 0 saturated heterocycles. The van der Waals surface area contributed by atoms with E-state index < -0.39 is 0 Å². The van der Waals surface area contributed by atoms with Gasteiger partial charge >= 0.3 is 0 Å². The highest BCUT2D eigenvalue weighted by molar-refractivity contribution is 6.32. The molecular formula is C16H15ClFNO2. The number of nitrogens with zero attached hydrogens (tertiary/aromatic N) is 1. The Labute approximate surface area is 127 Å². The summed E-state index contributed by atoms with van der Waals surface area (Å²) in [7, 11) is 1.67. The van der Waals surface area contributed by atoms with Crippen molar-refractivity contribution in [2.75, 3.05) is 20.2 Å². The van der Waals surface area contributed by atoms with Gasteiger partial charge in [-0.25, -0.2) is 4.39 Å². The maximum absolute atomic E-state index is 12.8. The summed E-state index contributed by atoms with van der Waals surface area (Å²) < 4.78 is 18.3. The molecule has 0 N–H and O–H groups in total. The van der Waals surface area contributed by atoms with Crippen LogP contribution in [0.2, 0.25) is 5.02 Å². The molecule has 0 saturated carbocycles. The third kappa shape index (κ3) is 4.20. The summed E-state index contributed by atoms with van der Waals surface area (Å²) in [6.45, 7) is 0.731. The van der Waals surface area contributed by atoms with E-state index in [1.54, 1.807) is 19.2 Å². The SMILES string of the molecule is CN(CCOc1ccccc1Cl)C(=O)c1ccc(F)cc1. The molecule has 3 nitrogen and oxygen atoms in total. The second kappa shape index (κ2) is 7.09. The Morgan fingerprint density at radius 3 is 2.52 bits per heavy atom. The van der Waals surface area contributed by atoms with Gasteiger partial charge in [-0.2, -0.15) is 0 Å². The lowest BCUT2D eigenvalue weighted by Gasteiger charge is -2.17. The average Bonchev–Trinajstić information content (AvgIpc) is 2.49. The Morgan fingerprint density at radius 2 is 1.86 bits per heavy atom. The molecule has 1 amide bonds. The summed E-state index contributed by atoms with van der Waals surface area (Å²) >= 11 is 5.97. The molecule has 0 aliphatic rings. The number of hydrogen-bond donors (Lipinski definition) is 0. The number of amides is 1. The molecule has 0 fully saturated rings. The minimum absolute atomic E-state index is 0.183. The predicted molar refractivity (Wildman–Crippen MR) is 80.3 cm³/mol. The van der Waals surface area contributed by atoms with Crippen LogP contribution in [0, 0.1) is 5.82 Å². The van der Waals surface area contributed by atoms with Crippen LogP contribution >= 0.6 is 11.6 Å². The highest BCUT2D eigenvalue weighted by Gasteiger charge is 2.11. The molecule has 0 radical (unpaired) electrons. The van der Waals surface area contributed by atoms with E-state index in [1.165, 1.54) is 29.2 Å². The number of rotatable bonds is 5. The van der Waals surface area contributed by atoms with Crippen LogP contribution in [0.25, 0.3) is 0 Å². The highest BCUT2D eigenvalue weighted by atomic mass is 35.5. The van der Waals surface area contributed by atoms with Gasteiger partial charge in [-0.1, -0.05) is 23.7 Å². The number of hydrogen-bond acceptors (Lipinski definition) is 2. The molecule has 0 unspecified atom stereocenters. The lowest BCUT2D eigenvalue weighted by Crippen LogP contribution is -2.30. The van der Waals surface area contributed by atoms with Crippen molar-refractivity contribution >= 4 is 17.5 Å². The third-order valence-corrected chi connectivity index (χ3v) is 3.27. The molecule has 21 heavy (non-hydrogen) atoms. The van der Waals surface area contributed by atoms with Gasteiger partial charge < -0.3 is 9.64 Å². The molecule has 110 valence electrons. The normalized spacial score (nSPS) is 10.2. The number of benzene rings is 2. The standard InChI is InChI=1S/C16H15ClFNO2/c1-19(16(20)12-6-8-13(18)9-7-12)10-11-21-15-5-3-2-4-14(15)17/h2-9H,10-11H2,1H3. The molecule has 5 heteroatoms. The molecule has 0 heterocycles. The summed E-state index contributed by atoms with van der Waals surface area (Å²) in [6.07, 6.45) is 0. The van der Waals surface area contributed by atoms with E-state index in [4.69, 9.17) is 16.3 Å². The van der Waals surface area contributed by atoms with Crippen molar-refractivity contribution in [1.29, 1.82) is 0 Å². The van der Waals surface area contributed by atoms with Gasteiger partial charge in [0, 0.05) is 12.6 Å². The highest BCUT2D eigenvalue weighted by Crippen LogP contribution is 2.22. The molecule has 2 aromatic carbocycles. The van der Waals surface area contributed by atoms with Crippen molar-refractivity contribution in [3.05, 3.63) is 64.9 Å². The zero-order chi connectivity index (χ0) is 15.2. The molecule has 0 atom stereocenters. The monoisotopic (exact) mass is 307 g/mol. The van der Waals surface area contributed by atoms with E-state index in [9.17, 15) is 9.18 Å². The first kappa shape index (κ1) is 15.3. The predicted octanol–water partition coefficient (Wildman–Crippen LogP) is 3.63. The van der Waals surface area contributed by atoms with Crippen LogP contribution in [0.15, 0.2) is 48.5 Å². The molecule has 0 aliphatic carbocycles. The number of halogens is 2. The van der Waals surface area contributed by atoms with Crippen LogP contribution in [0.3, 0.4) is 0 Å². The third-order valence-electron chi connectivity index (χ3n) is 2.96. The summed E-state index contributed by atoms with van der Waals surface area (Å²) in [5, 5.41) is 0.532. The molecule has 0 bridgehead atoms. The molecule has 2 rings (SSSR count). The van der Waals surface area contributed by atoms with Gasteiger partial charge in [0.15, 0.2) is 0 Å². The van der Waals surface area contributed by atoms with Crippen molar-refractivity contribution < 1.29 is 13.9 Å². The quantitative estimate of drug-likeness (QED) is 0.844. The van der Waals surface area contributed by atoms with Gasteiger partial charge in [0.2, 0.25) is 0 Å². The Hall–Kier alpha value is -2.07. The Morgan fingerprint density at radius 1 is 1.19 bits per heavy atom. The number of carbonyl (C=O) groups excluding carboxylic acids is 1. The second-order valence-corrected chi connectivity index (χ2v) is 4.92. The number of likely N-dealkylation sites (N-methyl/N-ethyl adjacent to an activating group) is 1. The Kier molecular flexibility index (Phi) is 5.17. The van der Waals surface area contributed by atoms with E-state index in [-0.39, 0.29) is 11.7 Å². The van der Waals surface area contributed by atoms with Crippen LogP contribution in [0.1, 0.15) is 10.4 Å². The second-order valence-electron chi connectivity index (χ2n) is 4.51. The summed E-state index contributed by atoms with van der Waals surface area (Å²) in [6, 6.07) is 12.6. The van der Waals surface area contributed by atoms with Crippen LogP contribution in [-0.2, 0) is 0 Å². The van der Waals surface area contributed by atoms with Crippen LogP contribution in [0.5, 0.6) is 5.75 Å². The first-order valence-electron chi connectivity index (χ1n) is 6.46. The summed E-state index contributed by atoms with van der Waals surface area (Å²) in [5.74, 6) is 0.0378. The van der Waals surface area contributed by atoms with Crippen molar-refractivity contribution in [2.45, 2.75) is 0 Å². The lowest BCUT2D eigenvalue weighted by molar-refractivity contribution is 0.0774. The summed E-state index contributed by atoms with van der Waals surface area (Å²) in [4.78, 5) is 13.6. The van der Waals surface area contributed by atoms with E-state index in [2.05, 4.69) is 0 Å². The van der Waals surface area contributed by atoms with Gasteiger partial charge in [0.1, 0.15) is 18.2 Å². The van der Waals surface area contributed by atoms with Crippen LogP contribution in [-0.4, -0.2) is 31.0 Å².